The minimum Gasteiger partial charge on any atom is -0.377 e. The van der Waals surface area contributed by atoms with Crippen LogP contribution < -0.4 is 5.32 Å². The van der Waals surface area contributed by atoms with Gasteiger partial charge in [0.25, 0.3) is 0 Å². The lowest BCUT2D eigenvalue weighted by atomic mass is 10.3. The number of aromatic nitrogens is 1. The predicted octanol–water partition coefficient (Wildman–Crippen LogP) is 4.00. The molecule has 6 heteroatoms. The highest BCUT2D eigenvalue weighted by molar-refractivity contribution is 7.11. The first-order chi connectivity index (χ1) is 8.06. The Morgan fingerprint density at radius 3 is 2.76 bits per heavy atom. The molecule has 0 unspecified atom stereocenters. The van der Waals surface area contributed by atoms with Crippen molar-refractivity contribution in [2.24, 2.45) is 0 Å². The maximum Gasteiger partial charge on any atom is 0.150 e. The predicted molar refractivity (Wildman–Crippen MR) is 65.5 cm³/mol. The third kappa shape index (κ3) is 2.92. The van der Waals surface area contributed by atoms with Gasteiger partial charge in [0, 0.05) is 17.1 Å². The zero-order valence-electron chi connectivity index (χ0n) is 8.93. The van der Waals surface area contributed by atoms with Crippen LogP contribution in [0.4, 0.5) is 14.5 Å². The van der Waals surface area contributed by atoms with E-state index in [-0.39, 0.29) is 10.7 Å². The number of aryl methyl sites for hydroxylation is 1. The molecule has 0 spiro atoms. The highest BCUT2D eigenvalue weighted by Gasteiger charge is 2.10. The summed E-state index contributed by atoms with van der Waals surface area (Å²) in [6, 6.07) is 1.87. The Bertz CT molecular complexity index is 519. The van der Waals surface area contributed by atoms with Crippen LogP contribution in [0.1, 0.15) is 9.88 Å². The van der Waals surface area contributed by atoms with E-state index in [1.165, 1.54) is 11.3 Å². The maximum atomic E-state index is 13.4. The Labute approximate surface area is 106 Å². The van der Waals surface area contributed by atoms with E-state index in [9.17, 15) is 8.78 Å². The number of nitrogens with one attached hydrogen (secondary N) is 1. The number of hydrogen-bond acceptors (Lipinski definition) is 3. The van der Waals surface area contributed by atoms with Crippen molar-refractivity contribution in [1.29, 1.82) is 0 Å². The fraction of sp³-hybridized carbons (Fsp3) is 0.182. The van der Waals surface area contributed by atoms with Crippen LogP contribution in [-0.4, -0.2) is 4.98 Å². The number of rotatable bonds is 3. The van der Waals surface area contributed by atoms with Gasteiger partial charge in [-0.3, -0.25) is 0 Å². The summed E-state index contributed by atoms with van der Waals surface area (Å²) in [4.78, 5) is 5.04. The zero-order chi connectivity index (χ0) is 12.4. The summed E-state index contributed by atoms with van der Waals surface area (Å²) < 4.78 is 26.2. The summed E-state index contributed by atoms with van der Waals surface area (Å²) in [5.41, 5.74) is 0.110. The van der Waals surface area contributed by atoms with Crippen LogP contribution in [0.3, 0.4) is 0 Å². The van der Waals surface area contributed by atoms with E-state index in [2.05, 4.69) is 10.3 Å². The highest BCUT2D eigenvalue weighted by Crippen LogP contribution is 2.27. The van der Waals surface area contributed by atoms with Crippen LogP contribution in [0, 0.1) is 18.6 Å². The Hall–Kier alpha value is -1.20. The van der Waals surface area contributed by atoms with E-state index < -0.39 is 11.6 Å². The molecule has 1 aromatic heterocycles. The number of nitrogens with zero attached hydrogens (tertiary/aromatic N) is 1. The third-order valence-corrected chi connectivity index (χ3v) is 3.33. The normalized spacial score (nSPS) is 10.6. The molecule has 0 amide bonds. The van der Waals surface area contributed by atoms with Gasteiger partial charge in [0.15, 0.2) is 5.82 Å². The van der Waals surface area contributed by atoms with E-state index in [4.69, 9.17) is 11.6 Å². The lowest BCUT2D eigenvalue weighted by Crippen LogP contribution is -2.01. The van der Waals surface area contributed by atoms with E-state index in [0.717, 1.165) is 22.0 Å². The molecular formula is C11H9ClF2N2S. The van der Waals surface area contributed by atoms with Crippen molar-refractivity contribution in [3.05, 3.63) is 44.9 Å². The van der Waals surface area contributed by atoms with Crippen molar-refractivity contribution in [2.45, 2.75) is 13.5 Å². The van der Waals surface area contributed by atoms with Gasteiger partial charge in [-0.05, 0) is 13.0 Å². The Morgan fingerprint density at radius 1 is 1.41 bits per heavy atom. The molecule has 1 heterocycles. The molecule has 0 aliphatic rings. The highest BCUT2D eigenvalue weighted by atomic mass is 35.5. The molecular weight excluding hydrogens is 266 g/mol. The van der Waals surface area contributed by atoms with Crippen molar-refractivity contribution in [3.63, 3.8) is 0 Å². The number of benzene rings is 1. The van der Waals surface area contributed by atoms with Gasteiger partial charge in [-0.15, -0.1) is 11.3 Å². The van der Waals surface area contributed by atoms with Gasteiger partial charge >= 0.3 is 0 Å². The topological polar surface area (TPSA) is 24.9 Å². The number of hydrogen-bond donors (Lipinski definition) is 1. The fourth-order valence-corrected chi connectivity index (χ4v) is 2.37. The smallest absolute Gasteiger partial charge is 0.150 e. The quantitative estimate of drug-likeness (QED) is 0.915. The summed E-state index contributed by atoms with van der Waals surface area (Å²) >= 11 is 7.26. The molecule has 0 radical (unpaired) electrons. The van der Waals surface area contributed by atoms with E-state index in [1.54, 1.807) is 6.20 Å². The van der Waals surface area contributed by atoms with Crippen LogP contribution in [0.15, 0.2) is 18.3 Å². The maximum absolute atomic E-state index is 13.4. The second-order valence-electron chi connectivity index (χ2n) is 3.44. The van der Waals surface area contributed by atoms with E-state index >= 15 is 0 Å². The number of halogens is 3. The Morgan fingerprint density at radius 2 is 2.18 bits per heavy atom. The molecule has 1 aromatic carbocycles. The molecule has 1 N–H and O–H groups in total. The van der Waals surface area contributed by atoms with Gasteiger partial charge in [-0.25, -0.2) is 13.8 Å². The van der Waals surface area contributed by atoms with Gasteiger partial charge in [-0.1, -0.05) is 11.6 Å². The second-order valence-corrected chi connectivity index (χ2v) is 5.17. The molecule has 2 nitrogen and oxygen atoms in total. The summed E-state index contributed by atoms with van der Waals surface area (Å²) in [6.07, 6.45) is 1.71. The van der Waals surface area contributed by atoms with Crippen LogP contribution in [-0.2, 0) is 6.54 Å². The van der Waals surface area contributed by atoms with Crippen molar-refractivity contribution in [1.82, 2.24) is 4.98 Å². The van der Waals surface area contributed by atoms with Crippen LogP contribution >= 0.6 is 22.9 Å². The third-order valence-electron chi connectivity index (χ3n) is 2.12. The van der Waals surface area contributed by atoms with Gasteiger partial charge < -0.3 is 5.32 Å². The minimum atomic E-state index is -0.698. The molecule has 0 aliphatic heterocycles. The number of anilines is 1. The van der Waals surface area contributed by atoms with Crippen LogP contribution in [0.25, 0.3) is 0 Å². The molecule has 17 heavy (non-hydrogen) atoms. The van der Waals surface area contributed by atoms with Gasteiger partial charge in [0.05, 0.1) is 22.3 Å². The first-order valence-corrected chi connectivity index (χ1v) is 6.05. The molecule has 0 bridgehead atoms. The minimum absolute atomic E-state index is 0.0312. The molecule has 0 saturated heterocycles. The van der Waals surface area contributed by atoms with E-state index in [1.807, 2.05) is 6.92 Å². The average molecular weight is 275 g/mol. The largest absolute Gasteiger partial charge is 0.377 e. The SMILES string of the molecule is Cc1ncc(CNc2c(F)cc(F)cc2Cl)s1. The Balaban J connectivity index is 2.14. The molecule has 2 rings (SSSR count). The summed E-state index contributed by atoms with van der Waals surface area (Å²) in [6.45, 7) is 2.30. The first kappa shape index (κ1) is 12.3. The summed E-state index contributed by atoms with van der Waals surface area (Å²) in [5.74, 6) is -1.39. The molecule has 0 aliphatic carbocycles. The monoisotopic (exact) mass is 274 g/mol. The lowest BCUT2D eigenvalue weighted by molar-refractivity contribution is 0.585. The van der Waals surface area contributed by atoms with Crippen molar-refractivity contribution in [2.75, 3.05) is 5.32 Å². The zero-order valence-corrected chi connectivity index (χ0v) is 10.5. The van der Waals surface area contributed by atoms with Crippen LogP contribution in [0.2, 0.25) is 5.02 Å². The average Bonchev–Trinajstić information content (AvgIpc) is 2.62. The van der Waals surface area contributed by atoms with Gasteiger partial charge in [0.1, 0.15) is 5.82 Å². The van der Waals surface area contributed by atoms with Crippen LogP contribution in [0.5, 0.6) is 0 Å². The van der Waals surface area contributed by atoms with Gasteiger partial charge in [0.2, 0.25) is 0 Å². The van der Waals surface area contributed by atoms with Crippen molar-refractivity contribution >= 4 is 28.6 Å². The fourth-order valence-electron chi connectivity index (χ4n) is 1.37. The first-order valence-electron chi connectivity index (χ1n) is 4.86. The molecule has 2 aromatic rings. The van der Waals surface area contributed by atoms with E-state index in [0.29, 0.717) is 6.54 Å². The van der Waals surface area contributed by atoms with Crippen molar-refractivity contribution in [3.8, 4) is 0 Å². The molecule has 0 fully saturated rings. The lowest BCUT2D eigenvalue weighted by Gasteiger charge is -2.08. The molecule has 0 saturated carbocycles. The standard InChI is InChI=1S/C11H9ClF2N2S/c1-6-15-4-8(17-6)5-16-11-9(12)2-7(13)3-10(11)14/h2-4,16H,5H2,1H3. The van der Waals surface area contributed by atoms with Crippen molar-refractivity contribution < 1.29 is 8.78 Å². The summed E-state index contributed by atoms with van der Waals surface area (Å²) in [5, 5.41) is 3.80. The second kappa shape index (κ2) is 4.98. The molecule has 90 valence electrons. The Kier molecular flexibility index (Phi) is 3.59. The molecule has 0 atom stereocenters. The number of thiazole rings is 1. The van der Waals surface area contributed by atoms with Gasteiger partial charge in [-0.2, -0.15) is 0 Å². The summed E-state index contributed by atoms with van der Waals surface area (Å²) in [7, 11) is 0.